The van der Waals surface area contributed by atoms with Crippen LogP contribution in [-0.2, 0) is 10.2 Å². The first-order valence-corrected chi connectivity index (χ1v) is 6.25. The van der Waals surface area contributed by atoms with Gasteiger partial charge in [0.25, 0.3) is 0 Å². The first-order chi connectivity index (χ1) is 7.56. The van der Waals surface area contributed by atoms with Crippen LogP contribution in [0.2, 0.25) is 0 Å². The van der Waals surface area contributed by atoms with Crippen LogP contribution in [0.5, 0.6) is 0 Å². The lowest BCUT2D eigenvalue weighted by molar-refractivity contribution is 0.276. The van der Waals surface area contributed by atoms with Crippen molar-refractivity contribution in [3.05, 3.63) is 24.5 Å². The molecule has 0 amide bonds. The predicted octanol–water partition coefficient (Wildman–Crippen LogP) is 0.0525. The number of nitrogens with zero attached hydrogens (tertiary/aromatic N) is 2. The topological polar surface area (TPSA) is 82.5 Å². The molecule has 0 atom stereocenters. The summed E-state index contributed by atoms with van der Waals surface area (Å²) in [7, 11) is -2.10. The van der Waals surface area contributed by atoms with Gasteiger partial charge in [0.2, 0.25) is 0 Å². The molecule has 1 rings (SSSR count). The van der Waals surface area contributed by atoms with Gasteiger partial charge in [0.15, 0.2) is 0 Å². The lowest BCUT2D eigenvalue weighted by atomic mass is 10.4. The molecule has 7 heteroatoms. The van der Waals surface area contributed by atoms with E-state index in [4.69, 9.17) is 5.11 Å². The fraction of sp³-hybridized carbons (Fsp3) is 0.444. The molecule has 0 aliphatic rings. The van der Waals surface area contributed by atoms with Crippen LogP contribution in [0.1, 0.15) is 6.42 Å². The van der Waals surface area contributed by atoms with Crippen LogP contribution < -0.4 is 4.72 Å². The number of hydrogen-bond donors (Lipinski definition) is 2. The van der Waals surface area contributed by atoms with Crippen LogP contribution in [0.15, 0.2) is 24.5 Å². The van der Waals surface area contributed by atoms with Crippen LogP contribution in [0.4, 0.5) is 5.69 Å². The second-order valence-corrected chi connectivity index (χ2v) is 5.03. The lowest BCUT2D eigenvalue weighted by Crippen LogP contribution is -2.33. The highest BCUT2D eigenvalue weighted by Crippen LogP contribution is 2.08. The second kappa shape index (κ2) is 5.78. The Labute approximate surface area is 95.1 Å². The SMILES string of the molecule is CN(CCCO)S(=O)(=O)Nc1cccnc1. The summed E-state index contributed by atoms with van der Waals surface area (Å²) in [4.78, 5) is 3.80. The molecule has 0 radical (unpaired) electrons. The molecule has 0 bridgehead atoms. The minimum absolute atomic E-state index is 0.0350. The van der Waals surface area contributed by atoms with Gasteiger partial charge in [0, 0.05) is 26.4 Å². The normalized spacial score (nSPS) is 11.7. The van der Waals surface area contributed by atoms with E-state index in [1.807, 2.05) is 0 Å². The number of nitrogens with one attached hydrogen (secondary N) is 1. The Morgan fingerprint density at radius 3 is 2.88 bits per heavy atom. The Kier molecular flexibility index (Phi) is 4.66. The molecule has 0 unspecified atom stereocenters. The van der Waals surface area contributed by atoms with Crippen molar-refractivity contribution in [2.45, 2.75) is 6.42 Å². The van der Waals surface area contributed by atoms with E-state index in [0.717, 1.165) is 4.31 Å². The van der Waals surface area contributed by atoms with Gasteiger partial charge in [-0.05, 0) is 18.6 Å². The van der Waals surface area contributed by atoms with Gasteiger partial charge >= 0.3 is 10.2 Å². The third-order valence-corrected chi connectivity index (χ3v) is 3.45. The van der Waals surface area contributed by atoms with Crippen LogP contribution >= 0.6 is 0 Å². The van der Waals surface area contributed by atoms with Crippen molar-refractivity contribution >= 4 is 15.9 Å². The van der Waals surface area contributed by atoms with Gasteiger partial charge in [-0.15, -0.1) is 0 Å². The van der Waals surface area contributed by atoms with Crippen molar-refractivity contribution in [3.63, 3.8) is 0 Å². The molecule has 6 nitrogen and oxygen atoms in total. The van der Waals surface area contributed by atoms with E-state index in [2.05, 4.69) is 9.71 Å². The Morgan fingerprint density at radius 2 is 2.31 bits per heavy atom. The molecule has 1 heterocycles. The molecular formula is C9H15N3O3S. The van der Waals surface area contributed by atoms with Crippen molar-refractivity contribution in [1.29, 1.82) is 0 Å². The number of aliphatic hydroxyl groups excluding tert-OH is 1. The molecular weight excluding hydrogens is 230 g/mol. The molecule has 0 fully saturated rings. The van der Waals surface area contributed by atoms with E-state index in [0.29, 0.717) is 12.1 Å². The minimum atomic E-state index is -3.55. The van der Waals surface area contributed by atoms with Gasteiger partial charge in [0.1, 0.15) is 0 Å². The van der Waals surface area contributed by atoms with Gasteiger partial charge in [-0.1, -0.05) is 0 Å². The number of anilines is 1. The number of aromatic nitrogens is 1. The Balaban J connectivity index is 2.65. The molecule has 0 aliphatic heterocycles. The number of aliphatic hydroxyl groups is 1. The predicted molar refractivity (Wildman–Crippen MR) is 61.1 cm³/mol. The Morgan fingerprint density at radius 1 is 1.56 bits per heavy atom. The number of hydrogen-bond acceptors (Lipinski definition) is 4. The molecule has 1 aromatic heterocycles. The maximum atomic E-state index is 11.7. The average Bonchev–Trinajstić information content (AvgIpc) is 2.26. The van der Waals surface area contributed by atoms with Gasteiger partial charge in [-0.3, -0.25) is 9.71 Å². The van der Waals surface area contributed by atoms with Crippen LogP contribution in [-0.4, -0.2) is 43.0 Å². The van der Waals surface area contributed by atoms with E-state index < -0.39 is 10.2 Å². The number of rotatable bonds is 6. The van der Waals surface area contributed by atoms with E-state index in [9.17, 15) is 8.42 Å². The summed E-state index contributed by atoms with van der Waals surface area (Å²) in [5.41, 5.74) is 0.415. The highest BCUT2D eigenvalue weighted by molar-refractivity contribution is 7.90. The highest BCUT2D eigenvalue weighted by atomic mass is 32.2. The third-order valence-electron chi connectivity index (χ3n) is 1.95. The largest absolute Gasteiger partial charge is 0.396 e. The zero-order chi connectivity index (χ0) is 12.0. The van der Waals surface area contributed by atoms with Gasteiger partial charge < -0.3 is 5.11 Å². The van der Waals surface area contributed by atoms with Gasteiger partial charge in [-0.25, -0.2) is 0 Å². The van der Waals surface area contributed by atoms with Gasteiger partial charge in [-0.2, -0.15) is 12.7 Å². The Bertz CT molecular complexity index is 407. The van der Waals surface area contributed by atoms with Crippen LogP contribution in [0.3, 0.4) is 0 Å². The van der Waals surface area contributed by atoms with E-state index in [1.54, 1.807) is 18.3 Å². The third kappa shape index (κ3) is 3.76. The van der Waals surface area contributed by atoms with Crippen LogP contribution in [0.25, 0.3) is 0 Å². The molecule has 0 spiro atoms. The maximum Gasteiger partial charge on any atom is 0.301 e. The first-order valence-electron chi connectivity index (χ1n) is 4.81. The zero-order valence-electron chi connectivity index (χ0n) is 9.00. The van der Waals surface area contributed by atoms with Gasteiger partial charge in [0.05, 0.1) is 11.9 Å². The van der Waals surface area contributed by atoms with Crippen molar-refractivity contribution in [2.75, 3.05) is 24.9 Å². The van der Waals surface area contributed by atoms with Crippen molar-refractivity contribution in [1.82, 2.24) is 9.29 Å². The number of pyridine rings is 1. The average molecular weight is 245 g/mol. The Hall–Kier alpha value is -1.18. The summed E-state index contributed by atoms with van der Waals surface area (Å²) in [6.07, 6.45) is 3.40. The monoisotopic (exact) mass is 245 g/mol. The van der Waals surface area contributed by atoms with E-state index >= 15 is 0 Å². The molecule has 0 aromatic carbocycles. The summed E-state index contributed by atoms with van der Waals surface area (Å²) < 4.78 is 27.0. The molecule has 1 aromatic rings. The molecule has 0 aliphatic carbocycles. The lowest BCUT2D eigenvalue weighted by Gasteiger charge is -2.17. The fourth-order valence-corrected chi connectivity index (χ4v) is 2.01. The standard InChI is InChI=1S/C9H15N3O3S/c1-12(6-3-7-13)16(14,15)11-9-4-2-5-10-8-9/h2,4-5,8,11,13H,3,6-7H2,1H3. The van der Waals surface area contributed by atoms with Crippen molar-refractivity contribution in [3.8, 4) is 0 Å². The maximum absolute atomic E-state index is 11.7. The minimum Gasteiger partial charge on any atom is -0.396 e. The highest BCUT2D eigenvalue weighted by Gasteiger charge is 2.16. The molecule has 90 valence electrons. The zero-order valence-corrected chi connectivity index (χ0v) is 9.81. The molecule has 16 heavy (non-hydrogen) atoms. The summed E-state index contributed by atoms with van der Waals surface area (Å²) in [6, 6.07) is 3.26. The van der Waals surface area contributed by atoms with Crippen molar-refractivity contribution < 1.29 is 13.5 Å². The summed E-state index contributed by atoms with van der Waals surface area (Å²) in [6.45, 7) is 0.235. The molecule has 0 saturated carbocycles. The first kappa shape index (κ1) is 12.9. The quantitative estimate of drug-likeness (QED) is 0.742. The molecule has 0 saturated heterocycles. The van der Waals surface area contributed by atoms with E-state index in [1.165, 1.54) is 13.2 Å². The smallest absolute Gasteiger partial charge is 0.301 e. The van der Waals surface area contributed by atoms with E-state index in [-0.39, 0.29) is 13.2 Å². The molecule has 2 N–H and O–H groups in total. The second-order valence-electron chi connectivity index (χ2n) is 3.25. The fourth-order valence-electron chi connectivity index (χ4n) is 1.06. The van der Waals surface area contributed by atoms with Crippen molar-refractivity contribution in [2.24, 2.45) is 0 Å². The summed E-state index contributed by atoms with van der Waals surface area (Å²) in [5.74, 6) is 0. The van der Waals surface area contributed by atoms with Crippen LogP contribution in [0, 0.1) is 0 Å². The summed E-state index contributed by atoms with van der Waals surface area (Å²) in [5, 5.41) is 8.62. The summed E-state index contributed by atoms with van der Waals surface area (Å²) >= 11 is 0.